The molecule has 0 saturated heterocycles. The van der Waals surface area contributed by atoms with Crippen LogP contribution in [0.5, 0.6) is 0 Å². The van der Waals surface area contributed by atoms with Crippen molar-refractivity contribution in [1.82, 2.24) is 5.32 Å². The molecule has 1 saturated carbocycles. The number of halogens is 2. The van der Waals surface area contributed by atoms with Gasteiger partial charge in [-0.05, 0) is 26.2 Å². The van der Waals surface area contributed by atoms with E-state index in [2.05, 4.69) is 5.32 Å². The van der Waals surface area contributed by atoms with Crippen molar-refractivity contribution in [2.45, 2.75) is 42.7 Å². The maximum absolute atomic E-state index is 11.3. The van der Waals surface area contributed by atoms with Gasteiger partial charge < -0.3 is 10.4 Å². The van der Waals surface area contributed by atoms with Crippen molar-refractivity contribution in [1.29, 1.82) is 0 Å². The lowest BCUT2D eigenvalue weighted by Gasteiger charge is -2.20. The van der Waals surface area contributed by atoms with E-state index < -0.39 is 16.3 Å². The van der Waals surface area contributed by atoms with Crippen molar-refractivity contribution in [3.05, 3.63) is 0 Å². The summed E-state index contributed by atoms with van der Waals surface area (Å²) in [7, 11) is 0. The van der Waals surface area contributed by atoms with Crippen LogP contribution in [0.4, 0.5) is 0 Å². The maximum Gasteiger partial charge on any atom is 0.256 e. The molecule has 2 N–H and O–H groups in total. The molecule has 0 heterocycles. The summed E-state index contributed by atoms with van der Waals surface area (Å²) in [5.74, 6) is -0.443. The number of amides is 1. The number of alkyl halides is 2. The molecular formula is C8H13Cl2NO2. The number of nitrogens with one attached hydrogen (secondary N) is 1. The van der Waals surface area contributed by atoms with Gasteiger partial charge in [0.05, 0.1) is 12.1 Å². The lowest BCUT2D eigenvalue weighted by atomic mass is 10.2. The highest BCUT2D eigenvalue weighted by Gasteiger charge is 2.33. The molecule has 1 fully saturated rings. The number of hydrogen-bond donors (Lipinski definition) is 2. The Morgan fingerprint density at radius 1 is 1.54 bits per heavy atom. The minimum Gasteiger partial charge on any atom is -0.391 e. The van der Waals surface area contributed by atoms with Gasteiger partial charge in [0.2, 0.25) is 0 Å². The maximum atomic E-state index is 11.3. The molecule has 0 spiro atoms. The Labute approximate surface area is 87.4 Å². The van der Waals surface area contributed by atoms with E-state index in [0.717, 1.165) is 19.3 Å². The molecule has 76 valence electrons. The molecule has 1 aliphatic rings. The first-order chi connectivity index (χ1) is 5.91. The minimum atomic E-state index is -1.41. The second kappa shape index (κ2) is 4.03. The summed E-state index contributed by atoms with van der Waals surface area (Å²) in [6, 6.07) is -0.190. The smallest absolute Gasteiger partial charge is 0.256 e. The highest BCUT2D eigenvalue weighted by atomic mass is 35.5. The predicted octanol–water partition coefficient (Wildman–Crippen LogP) is 1.21. The minimum absolute atomic E-state index is 0.190. The third-order valence-electron chi connectivity index (χ3n) is 2.19. The van der Waals surface area contributed by atoms with Crippen LogP contribution in [0.3, 0.4) is 0 Å². The van der Waals surface area contributed by atoms with Crippen LogP contribution < -0.4 is 5.32 Å². The molecule has 3 nitrogen and oxygen atoms in total. The number of aliphatic hydroxyl groups excluding tert-OH is 1. The summed E-state index contributed by atoms with van der Waals surface area (Å²) in [5, 5.41) is 12.0. The molecule has 0 bridgehead atoms. The lowest BCUT2D eigenvalue weighted by Crippen LogP contribution is -2.45. The molecule has 5 heteroatoms. The molecule has 13 heavy (non-hydrogen) atoms. The highest BCUT2D eigenvalue weighted by molar-refractivity contribution is 6.57. The Kier molecular flexibility index (Phi) is 3.44. The summed E-state index contributed by atoms with van der Waals surface area (Å²) in [6.45, 7) is 1.41. The summed E-state index contributed by atoms with van der Waals surface area (Å²) in [5.41, 5.74) is 0. The van der Waals surface area contributed by atoms with Gasteiger partial charge in [-0.25, -0.2) is 0 Å². The van der Waals surface area contributed by atoms with Crippen molar-refractivity contribution in [3.8, 4) is 0 Å². The van der Waals surface area contributed by atoms with Gasteiger partial charge in [-0.15, -0.1) is 0 Å². The van der Waals surface area contributed by atoms with E-state index in [9.17, 15) is 9.90 Å². The van der Waals surface area contributed by atoms with Gasteiger partial charge in [-0.2, -0.15) is 0 Å². The number of aliphatic hydroxyl groups is 1. The van der Waals surface area contributed by atoms with Gasteiger partial charge in [-0.3, -0.25) is 4.79 Å². The standard InChI is InChI=1S/C8H13Cl2NO2/c1-8(9,10)7(13)11-5-3-2-4-6(5)12/h5-6,12H,2-4H2,1H3,(H,11,13). The van der Waals surface area contributed by atoms with E-state index in [1.54, 1.807) is 0 Å². The van der Waals surface area contributed by atoms with E-state index >= 15 is 0 Å². The molecule has 1 rings (SSSR count). The normalized spacial score (nSPS) is 28.9. The molecule has 2 atom stereocenters. The summed E-state index contributed by atoms with van der Waals surface area (Å²) in [6.07, 6.45) is 1.98. The van der Waals surface area contributed by atoms with Crippen LogP contribution in [0.15, 0.2) is 0 Å². The van der Waals surface area contributed by atoms with Gasteiger partial charge in [0.15, 0.2) is 4.33 Å². The third kappa shape index (κ3) is 3.01. The number of rotatable bonds is 2. The van der Waals surface area contributed by atoms with Crippen LogP contribution in [0.2, 0.25) is 0 Å². The van der Waals surface area contributed by atoms with Crippen LogP contribution in [0.25, 0.3) is 0 Å². The van der Waals surface area contributed by atoms with E-state index in [4.69, 9.17) is 23.2 Å². The molecule has 0 aliphatic heterocycles. The first kappa shape index (κ1) is 11.1. The largest absolute Gasteiger partial charge is 0.391 e. The van der Waals surface area contributed by atoms with Crippen LogP contribution in [-0.2, 0) is 4.79 Å². The SMILES string of the molecule is CC(Cl)(Cl)C(=O)NC1CCCC1O. The Morgan fingerprint density at radius 2 is 2.15 bits per heavy atom. The number of carbonyl (C=O) groups is 1. The molecule has 0 aromatic rings. The van der Waals surface area contributed by atoms with E-state index in [0.29, 0.717) is 0 Å². The average Bonchev–Trinajstić information content (AvgIpc) is 2.34. The zero-order valence-corrected chi connectivity index (χ0v) is 8.90. The quantitative estimate of drug-likeness (QED) is 0.695. The fraction of sp³-hybridized carbons (Fsp3) is 0.875. The zero-order valence-electron chi connectivity index (χ0n) is 7.39. The topological polar surface area (TPSA) is 49.3 Å². The molecule has 0 aromatic carbocycles. The van der Waals surface area contributed by atoms with Crippen molar-refractivity contribution in [3.63, 3.8) is 0 Å². The predicted molar refractivity (Wildman–Crippen MR) is 51.9 cm³/mol. The van der Waals surface area contributed by atoms with Gasteiger partial charge >= 0.3 is 0 Å². The first-order valence-corrected chi connectivity index (χ1v) is 5.03. The van der Waals surface area contributed by atoms with E-state index in [1.165, 1.54) is 6.92 Å². The van der Waals surface area contributed by atoms with Crippen LogP contribution in [-0.4, -0.2) is 27.5 Å². The van der Waals surface area contributed by atoms with Crippen molar-refractivity contribution in [2.24, 2.45) is 0 Å². The Balaban J connectivity index is 2.45. The Bertz CT molecular complexity index is 203. The monoisotopic (exact) mass is 225 g/mol. The summed E-state index contributed by atoms with van der Waals surface area (Å²) >= 11 is 11.2. The highest BCUT2D eigenvalue weighted by Crippen LogP contribution is 2.23. The Hall–Kier alpha value is 0.01000. The van der Waals surface area contributed by atoms with Crippen LogP contribution in [0, 0.1) is 0 Å². The van der Waals surface area contributed by atoms with Crippen molar-refractivity contribution < 1.29 is 9.90 Å². The second-order valence-corrected chi connectivity index (χ2v) is 5.17. The molecule has 1 amide bonds. The number of carbonyl (C=O) groups excluding carboxylic acids is 1. The molecule has 1 aliphatic carbocycles. The summed E-state index contributed by atoms with van der Waals surface area (Å²) in [4.78, 5) is 11.3. The molecular weight excluding hydrogens is 213 g/mol. The zero-order chi connectivity index (χ0) is 10.1. The fourth-order valence-corrected chi connectivity index (χ4v) is 1.51. The van der Waals surface area contributed by atoms with Crippen molar-refractivity contribution in [2.75, 3.05) is 0 Å². The first-order valence-electron chi connectivity index (χ1n) is 4.28. The molecule has 2 unspecified atom stereocenters. The second-order valence-electron chi connectivity index (χ2n) is 3.47. The molecule has 0 radical (unpaired) electrons. The van der Waals surface area contributed by atoms with Gasteiger partial charge in [0.25, 0.3) is 5.91 Å². The van der Waals surface area contributed by atoms with Crippen LogP contribution >= 0.6 is 23.2 Å². The van der Waals surface area contributed by atoms with Gasteiger partial charge in [0, 0.05) is 0 Å². The summed E-state index contributed by atoms with van der Waals surface area (Å²) < 4.78 is -1.41. The van der Waals surface area contributed by atoms with Crippen LogP contribution in [0.1, 0.15) is 26.2 Å². The van der Waals surface area contributed by atoms with E-state index in [1.807, 2.05) is 0 Å². The third-order valence-corrected chi connectivity index (χ3v) is 2.54. The van der Waals surface area contributed by atoms with Crippen molar-refractivity contribution >= 4 is 29.1 Å². The number of hydrogen-bond acceptors (Lipinski definition) is 2. The average molecular weight is 226 g/mol. The van der Waals surface area contributed by atoms with Gasteiger partial charge in [0.1, 0.15) is 0 Å². The molecule has 0 aromatic heterocycles. The van der Waals surface area contributed by atoms with E-state index in [-0.39, 0.29) is 6.04 Å². The van der Waals surface area contributed by atoms with Gasteiger partial charge in [-0.1, -0.05) is 23.2 Å². The Morgan fingerprint density at radius 3 is 2.54 bits per heavy atom. The lowest BCUT2D eigenvalue weighted by molar-refractivity contribution is -0.122. The fourth-order valence-electron chi connectivity index (χ4n) is 1.40.